The van der Waals surface area contributed by atoms with Crippen molar-refractivity contribution in [3.05, 3.63) is 106 Å². The standard InChI is InChI=1S/C28H26FNO3/c1-17-10-13-19(28(2,3)4)16-22(17)25(31)23-24(18-11-14-20(29)15-12-18)30(27(33)26(23)32)21-8-6-5-7-9-21/h5-16,24,31H,1-4H3/b25-23+. The Morgan fingerprint density at radius 1 is 0.939 bits per heavy atom. The Morgan fingerprint density at radius 2 is 1.58 bits per heavy atom. The first-order valence-electron chi connectivity index (χ1n) is 10.8. The van der Waals surface area contributed by atoms with E-state index >= 15 is 0 Å². The van der Waals surface area contributed by atoms with Gasteiger partial charge in [-0.2, -0.15) is 0 Å². The summed E-state index contributed by atoms with van der Waals surface area (Å²) in [6.07, 6.45) is 0. The van der Waals surface area contributed by atoms with Crippen LogP contribution in [0.5, 0.6) is 0 Å². The molecule has 1 amide bonds. The number of carbonyl (C=O) groups excluding carboxylic acids is 2. The van der Waals surface area contributed by atoms with Crippen molar-refractivity contribution in [1.82, 2.24) is 0 Å². The number of anilines is 1. The van der Waals surface area contributed by atoms with Crippen LogP contribution in [-0.4, -0.2) is 16.8 Å². The Kier molecular flexibility index (Phi) is 5.66. The van der Waals surface area contributed by atoms with Crippen molar-refractivity contribution in [2.45, 2.75) is 39.2 Å². The van der Waals surface area contributed by atoms with Crippen LogP contribution in [-0.2, 0) is 15.0 Å². The number of carbonyl (C=O) groups is 2. The number of nitrogens with zero attached hydrogens (tertiary/aromatic N) is 1. The minimum absolute atomic E-state index is 0.00961. The van der Waals surface area contributed by atoms with Gasteiger partial charge in [0.1, 0.15) is 11.6 Å². The van der Waals surface area contributed by atoms with Crippen molar-refractivity contribution in [3.63, 3.8) is 0 Å². The zero-order chi connectivity index (χ0) is 23.9. The van der Waals surface area contributed by atoms with Crippen molar-refractivity contribution >= 4 is 23.1 Å². The third kappa shape index (κ3) is 4.07. The van der Waals surface area contributed by atoms with Crippen LogP contribution in [0.3, 0.4) is 0 Å². The molecule has 4 nitrogen and oxygen atoms in total. The van der Waals surface area contributed by atoms with E-state index in [1.807, 2.05) is 31.2 Å². The molecule has 1 atom stereocenters. The van der Waals surface area contributed by atoms with Crippen LogP contribution in [0.4, 0.5) is 10.1 Å². The molecule has 3 aromatic carbocycles. The summed E-state index contributed by atoms with van der Waals surface area (Å²) < 4.78 is 13.7. The summed E-state index contributed by atoms with van der Waals surface area (Å²) in [6.45, 7) is 8.04. The summed E-state index contributed by atoms with van der Waals surface area (Å²) >= 11 is 0. The third-order valence-electron chi connectivity index (χ3n) is 6.02. The predicted molar refractivity (Wildman–Crippen MR) is 128 cm³/mol. The molecular weight excluding hydrogens is 417 g/mol. The number of ketones is 1. The van der Waals surface area contributed by atoms with E-state index in [9.17, 15) is 19.1 Å². The molecule has 0 bridgehead atoms. The van der Waals surface area contributed by atoms with Gasteiger partial charge in [0.25, 0.3) is 11.7 Å². The Balaban J connectivity index is 1.97. The maximum absolute atomic E-state index is 13.7. The Labute approximate surface area is 193 Å². The molecule has 0 spiro atoms. The Hall–Kier alpha value is -3.73. The van der Waals surface area contributed by atoms with Gasteiger partial charge in [0.15, 0.2) is 0 Å². The number of Topliss-reactive ketones (excluding diaryl/α,β-unsaturated/α-hetero) is 1. The lowest BCUT2D eigenvalue weighted by Gasteiger charge is -2.26. The SMILES string of the molecule is Cc1ccc(C(C)(C)C)cc1/C(O)=C1\C(=O)C(=O)N(c2ccccc2)C1c1ccc(F)cc1. The minimum Gasteiger partial charge on any atom is -0.507 e. The normalized spacial score (nSPS) is 18.1. The molecule has 1 unspecified atom stereocenters. The average molecular weight is 444 g/mol. The van der Waals surface area contributed by atoms with E-state index < -0.39 is 23.5 Å². The molecule has 1 aliphatic rings. The van der Waals surface area contributed by atoms with E-state index in [0.717, 1.165) is 11.1 Å². The highest BCUT2D eigenvalue weighted by Gasteiger charge is 2.47. The van der Waals surface area contributed by atoms with Gasteiger partial charge in [-0.05, 0) is 59.4 Å². The monoisotopic (exact) mass is 443 g/mol. The number of hydrogen-bond donors (Lipinski definition) is 1. The topological polar surface area (TPSA) is 57.6 Å². The Morgan fingerprint density at radius 3 is 2.18 bits per heavy atom. The third-order valence-corrected chi connectivity index (χ3v) is 6.02. The fourth-order valence-corrected chi connectivity index (χ4v) is 4.14. The summed E-state index contributed by atoms with van der Waals surface area (Å²) in [5.74, 6) is -2.17. The molecule has 0 saturated carbocycles. The van der Waals surface area contributed by atoms with Gasteiger partial charge in [-0.25, -0.2) is 4.39 Å². The molecule has 1 aliphatic heterocycles. The number of aliphatic hydroxyl groups is 1. The van der Waals surface area contributed by atoms with Crippen LogP contribution < -0.4 is 4.90 Å². The van der Waals surface area contributed by atoms with Gasteiger partial charge >= 0.3 is 0 Å². The molecule has 1 N–H and O–H groups in total. The maximum atomic E-state index is 13.7. The first kappa shape index (κ1) is 22.5. The lowest BCUT2D eigenvalue weighted by Crippen LogP contribution is -2.29. The second-order valence-electron chi connectivity index (χ2n) is 9.34. The van der Waals surface area contributed by atoms with Gasteiger partial charge in [-0.1, -0.05) is 63.2 Å². The molecular formula is C28H26FNO3. The van der Waals surface area contributed by atoms with Crippen molar-refractivity contribution in [1.29, 1.82) is 0 Å². The van der Waals surface area contributed by atoms with Crippen molar-refractivity contribution in [2.75, 3.05) is 4.90 Å². The fraction of sp³-hybridized carbons (Fsp3) is 0.214. The average Bonchev–Trinajstić information content (AvgIpc) is 3.04. The second kappa shape index (κ2) is 8.32. The number of para-hydroxylation sites is 1. The number of aryl methyl sites for hydroxylation is 1. The lowest BCUT2D eigenvalue weighted by atomic mass is 9.84. The smallest absolute Gasteiger partial charge is 0.300 e. The molecule has 3 aromatic rings. The van der Waals surface area contributed by atoms with Gasteiger partial charge < -0.3 is 5.11 Å². The largest absolute Gasteiger partial charge is 0.507 e. The van der Waals surface area contributed by atoms with E-state index in [0.29, 0.717) is 16.8 Å². The number of hydrogen-bond acceptors (Lipinski definition) is 3. The van der Waals surface area contributed by atoms with Crippen LogP contribution in [0.1, 0.15) is 49.1 Å². The number of halogens is 1. The van der Waals surface area contributed by atoms with Crippen LogP contribution in [0.2, 0.25) is 0 Å². The summed E-state index contributed by atoms with van der Waals surface area (Å²) in [7, 11) is 0. The molecule has 0 aromatic heterocycles. The van der Waals surface area contributed by atoms with Crippen molar-refractivity contribution in [2.24, 2.45) is 0 Å². The van der Waals surface area contributed by atoms with E-state index in [4.69, 9.17) is 0 Å². The van der Waals surface area contributed by atoms with Gasteiger partial charge in [-0.15, -0.1) is 0 Å². The summed E-state index contributed by atoms with van der Waals surface area (Å²) in [5.41, 5.74) is 3.15. The second-order valence-corrected chi connectivity index (χ2v) is 9.34. The summed E-state index contributed by atoms with van der Waals surface area (Å²) in [5, 5.41) is 11.4. The number of amides is 1. The van der Waals surface area contributed by atoms with E-state index in [1.165, 1.54) is 29.2 Å². The van der Waals surface area contributed by atoms with Gasteiger partial charge in [0, 0.05) is 11.3 Å². The first-order valence-corrected chi connectivity index (χ1v) is 10.8. The molecule has 0 aliphatic carbocycles. The molecule has 4 rings (SSSR count). The number of benzene rings is 3. The molecule has 5 heteroatoms. The van der Waals surface area contributed by atoms with Gasteiger partial charge in [0.05, 0.1) is 11.6 Å². The summed E-state index contributed by atoms with van der Waals surface area (Å²) in [4.78, 5) is 27.8. The molecule has 33 heavy (non-hydrogen) atoms. The fourth-order valence-electron chi connectivity index (χ4n) is 4.14. The van der Waals surface area contributed by atoms with E-state index in [-0.39, 0.29) is 16.7 Å². The van der Waals surface area contributed by atoms with Gasteiger partial charge in [-0.3, -0.25) is 14.5 Å². The Bertz CT molecular complexity index is 1250. The summed E-state index contributed by atoms with van der Waals surface area (Å²) in [6, 6.07) is 19.3. The number of aliphatic hydroxyl groups excluding tert-OH is 1. The highest BCUT2D eigenvalue weighted by Crippen LogP contribution is 2.42. The van der Waals surface area contributed by atoms with Gasteiger partial charge in [0.2, 0.25) is 0 Å². The van der Waals surface area contributed by atoms with E-state index in [2.05, 4.69) is 20.8 Å². The number of rotatable bonds is 3. The van der Waals surface area contributed by atoms with Crippen LogP contribution in [0, 0.1) is 12.7 Å². The highest BCUT2D eigenvalue weighted by molar-refractivity contribution is 6.51. The molecule has 1 fully saturated rings. The molecule has 1 heterocycles. The highest BCUT2D eigenvalue weighted by atomic mass is 19.1. The van der Waals surface area contributed by atoms with Crippen LogP contribution >= 0.6 is 0 Å². The van der Waals surface area contributed by atoms with Crippen molar-refractivity contribution in [3.8, 4) is 0 Å². The van der Waals surface area contributed by atoms with Crippen LogP contribution in [0.25, 0.3) is 5.76 Å². The zero-order valence-electron chi connectivity index (χ0n) is 19.1. The zero-order valence-corrected chi connectivity index (χ0v) is 19.1. The molecule has 1 saturated heterocycles. The van der Waals surface area contributed by atoms with Crippen molar-refractivity contribution < 1.29 is 19.1 Å². The molecule has 168 valence electrons. The first-order chi connectivity index (χ1) is 15.6. The lowest BCUT2D eigenvalue weighted by molar-refractivity contribution is -0.132. The van der Waals surface area contributed by atoms with E-state index in [1.54, 1.807) is 24.3 Å². The predicted octanol–water partition coefficient (Wildman–Crippen LogP) is 6.06. The minimum atomic E-state index is -0.884. The molecule has 0 radical (unpaired) electrons. The maximum Gasteiger partial charge on any atom is 0.300 e. The quantitative estimate of drug-likeness (QED) is 0.304. The van der Waals surface area contributed by atoms with Crippen LogP contribution in [0.15, 0.2) is 78.4 Å².